The summed E-state index contributed by atoms with van der Waals surface area (Å²) in [6.45, 7) is 3.01. The van der Waals surface area contributed by atoms with Crippen molar-refractivity contribution in [3.8, 4) is 0 Å². The van der Waals surface area contributed by atoms with Crippen LogP contribution < -0.4 is 5.32 Å². The van der Waals surface area contributed by atoms with E-state index in [9.17, 15) is 9.59 Å². The van der Waals surface area contributed by atoms with E-state index in [-0.39, 0.29) is 0 Å². The molecule has 0 aliphatic carbocycles. The Kier molecular flexibility index (Phi) is 6.60. The fraction of sp³-hybridized carbons (Fsp3) is 0.462. The first kappa shape index (κ1) is 17.9. The minimum Gasteiger partial charge on any atom is -0.480 e. The van der Waals surface area contributed by atoms with Crippen molar-refractivity contribution in [1.82, 2.24) is 10.3 Å². The van der Waals surface area contributed by atoms with Crippen molar-refractivity contribution in [3.63, 3.8) is 0 Å². The van der Waals surface area contributed by atoms with Gasteiger partial charge in [-0.3, -0.25) is 9.78 Å². The maximum Gasteiger partial charge on any atom is 0.408 e. The Morgan fingerprint density at radius 1 is 1.43 bits per heavy atom. The predicted molar refractivity (Wildman–Crippen MR) is 84.5 cm³/mol. The van der Waals surface area contributed by atoms with Crippen LogP contribution in [-0.2, 0) is 21.3 Å². The average Bonchev–Trinajstić information content (AvgIpc) is 2.37. The van der Waals surface area contributed by atoms with Gasteiger partial charge >= 0.3 is 12.1 Å². The van der Waals surface area contributed by atoms with Crippen LogP contribution in [0.3, 0.4) is 0 Å². The van der Waals surface area contributed by atoms with Gasteiger partial charge in [0, 0.05) is 21.9 Å². The molecule has 0 aliphatic rings. The highest BCUT2D eigenvalue weighted by molar-refractivity contribution is 9.10. The van der Waals surface area contributed by atoms with E-state index in [0.29, 0.717) is 11.8 Å². The summed E-state index contributed by atoms with van der Waals surface area (Å²) in [5, 5.41) is 11.3. The number of aromatic nitrogens is 1. The number of alkyl carbamates (subject to hydrolysis) is 1. The largest absolute Gasteiger partial charge is 0.480 e. The molecule has 1 heterocycles. The van der Waals surface area contributed by atoms with Gasteiger partial charge in [0.15, 0.2) is 0 Å². The molecule has 0 unspecified atom stereocenters. The normalized spacial score (nSPS) is 11.0. The third-order valence-electron chi connectivity index (χ3n) is 2.46. The number of aliphatic carboxylic acids is 1. The Morgan fingerprint density at radius 2 is 2.10 bits per heavy atom. The number of carbonyl (C=O) groups is 2. The molecular formula is C13H16Br2N2O4. The van der Waals surface area contributed by atoms with Crippen LogP contribution in [0.5, 0.6) is 0 Å². The first-order chi connectivity index (χ1) is 9.73. The molecule has 0 saturated carbocycles. The average molecular weight is 424 g/mol. The lowest BCUT2D eigenvalue weighted by Crippen LogP contribution is -2.38. The van der Waals surface area contributed by atoms with Gasteiger partial charge in [0.1, 0.15) is 12.1 Å². The number of carboxylic acids is 1. The van der Waals surface area contributed by atoms with Gasteiger partial charge in [-0.15, -0.1) is 0 Å². The van der Waals surface area contributed by atoms with Crippen molar-refractivity contribution < 1.29 is 19.4 Å². The Balaban J connectivity index is 2.67. The van der Waals surface area contributed by atoms with Crippen molar-refractivity contribution in [1.29, 1.82) is 0 Å². The molecule has 116 valence electrons. The maximum atomic E-state index is 11.5. The second kappa shape index (κ2) is 7.74. The number of nitrogens with one attached hydrogen (secondary N) is 1. The molecular weight excluding hydrogens is 408 g/mol. The van der Waals surface area contributed by atoms with Gasteiger partial charge in [-0.1, -0.05) is 15.9 Å². The Hall–Kier alpha value is -1.15. The van der Waals surface area contributed by atoms with Crippen LogP contribution in [0.2, 0.25) is 0 Å². The number of carboxylic acid groups (broad SMARTS) is 1. The second-order valence-corrected chi connectivity index (χ2v) is 6.35. The minimum atomic E-state index is -1.12. The molecule has 0 atom stereocenters. The molecule has 21 heavy (non-hydrogen) atoms. The number of amides is 1. The highest BCUT2D eigenvalue weighted by Gasteiger charge is 2.24. The van der Waals surface area contributed by atoms with Crippen molar-refractivity contribution >= 4 is 43.9 Å². The van der Waals surface area contributed by atoms with Crippen molar-refractivity contribution in [2.75, 3.05) is 6.54 Å². The zero-order chi connectivity index (χ0) is 16.0. The molecule has 0 spiro atoms. The lowest BCUT2D eigenvalue weighted by molar-refractivity contribution is -0.136. The molecule has 8 heteroatoms. The van der Waals surface area contributed by atoms with E-state index in [1.54, 1.807) is 13.8 Å². The number of ether oxygens (including phenoxy) is 1. The fourth-order valence-electron chi connectivity index (χ4n) is 1.63. The highest BCUT2D eigenvalue weighted by Crippen LogP contribution is 2.21. The summed E-state index contributed by atoms with van der Waals surface area (Å²) in [5.74, 6) is -1.12. The van der Waals surface area contributed by atoms with Gasteiger partial charge in [0.25, 0.3) is 0 Å². The molecule has 1 rings (SSSR count). The molecule has 0 fully saturated rings. The molecule has 0 radical (unpaired) electrons. The van der Waals surface area contributed by atoms with Crippen molar-refractivity contribution in [2.24, 2.45) is 0 Å². The van der Waals surface area contributed by atoms with E-state index in [4.69, 9.17) is 9.84 Å². The first-order valence-electron chi connectivity index (χ1n) is 6.12. The van der Waals surface area contributed by atoms with Crippen LogP contribution in [-0.4, -0.2) is 34.3 Å². The van der Waals surface area contributed by atoms with Crippen LogP contribution in [0, 0.1) is 0 Å². The lowest BCUT2D eigenvalue weighted by atomic mass is 10.0. The Morgan fingerprint density at radius 3 is 2.67 bits per heavy atom. The van der Waals surface area contributed by atoms with Gasteiger partial charge in [0.05, 0.1) is 5.69 Å². The summed E-state index contributed by atoms with van der Waals surface area (Å²) in [5.41, 5.74) is 0.842. The van der Waals surface area contributed by atoms with E-state index in [2.05, 4.69) is 42.2 Å². The van der Waals surface area contributed by atoms with Crippen LogP contribution in [0.25, 0.3) is 0 Å². The number of rotatable bonds is 6. The van der Waals surface area contributed by atoms with E-state index in [1.165, 1.54) is 0 Å². The molecule has 0 bridgehead atoms. The standard InChI is InChI=1S/C13H16Br2N2O4/c1-13(2,21-12(20)16-7-11(18)19)5-8-3-4-9(15)10(6-14)17-8/h3-4H,5-7H2,1-2H3,(H,16,20)(H,18,19). The molecule has 6 nitrogen and oxygen atoms in total. The number of alkyl halides is 1. The zero-order valence-corrected chi connectivity index (χ0v) is 14.8. The van der Waals surface area contributed by atoms with Gasteiger partial charge in [0.2, 0.25) is 0 Å². The maximum absolute atomic E-state index is 11.5. The van der Waals surface area contributed by atoms with E-state index >= 15 is 0 Å². The smallest absolute Gasteiger partial charge is 0.408 e. The summed E-state index contributed by atoms with van der Waals surface area (Å²) in [4.78, 5) is 26.3. The lowest BCUT2D eigenvalue weighted by Gasteiger charge is -2.25. The fourth-order valence-corrected chi connectivity index (χ4v) is 2.79. The number of nitrogens with zero attached hydrogens (tertiary/aromatic N) is 1. The topological polar surface area (TPSA) is 88.5 Å². The van der Waals surface area contributed by atoms with Gasteiger partial charge in [-0.25, -0.2) is 4.79 Å². The van der Waals surface area contributed by atoms with E-state index in [0.717, 1.165) is 15.9 Å². The Labute approximate surface area is 139 Å². The van der Waals surface area contributed by atoms with E-state index in [1.807, 2.05) is 12.1 Å². The number of hydrogen-bond donors (Lipinski definition) is 2. The molecule has 0 saturated heterocycles. The molecule has 2 N–H and O–H groups in total. The summed E-state index contributed by atoms with van der Waals surface area (Å²) in [6, 6.07) is 3.73. The molecule has 0 aliphatic heterocycles. The summed E-state index contributed by atoms with van der Waals surface area (Å²) >= 11 is 6.75. The SMILES string of the molecule is CC(C)(Cc1ccc(Br)c(CBr)n1)OC(=O)NCC(=O)O. The number of hydrogen-bond acceptors (Lipinski definition) is 4. The summed E-state index contributed by atoms with van der Waals surface area (Å²) in [6.07, 6.45) is -0.346. The number of pyridine rings is 1. The molecule has 1 amide bonds. The quantitative estimate of drug-likeness (QED) is 0.686. The molecule has 0 aromatic carbocycles. The van der Waals surface area contributed by atoms with Crippen LogP contribution >= 0.6 is 31.9 Å². The summed E-state index contributed by atoms with van der Waals surface area (Å²) < 4.78 is 6.12. The van der Waals surface area contributed by atoms with Gasteiger partial charge in [-0.2, -0.15) is 0 Å². The van der Waals surface area contributed by atoms with E-state index < -0.39 is 24.2 Å². The highest BCUT2D eigenvalue weighted by atomic mass is 79.9. The van der Waals surface area contributed by atoms with Crippen molar-refractivity contribution in [3.05, 3.63) is 28.0 Å². The second-order valence-electron chi connectivity index (χ2n) is 4.94. The Bertz CT molecular complexity index is 535. The number of carbonyl (C=O) groups excluding carboxylic acids is 1. The minimum absolute atomic E-state index is 0.417. The third kappa shape index (κ3) is 6.43. The summed E-state index contributed by atoms with van der Waals surface area (Å²) in [7, 11) is 0. The van der Waals surface area contributed by atoms with Gasteiger partial charge < -0.3 is 15.2 Å². The number of halogens is 2. The van der Waals surface area contributed by atoms with Crippen LogP contribution in [0.15, 0.2) is 16.6 Å². The monoisotopic (exact) mass is 422 g/mol. The molecule has 1 aromatic heterocycles. The van der Waals surface area contributed by atoms with Crippen molar-refractivity contribution in [2.45, 2.75) is 31.2 Å². The van der Waals surface area contributed by atoms with Gasteiger partial charge in [-0.05, 0) is 41.9 Å². The zero-order valence-electron chi connectivity index (χ0n) is 11.7. The predicted octanol–water partition coefficient (Wildman–Crippen LogP) is 2.87. The van der Waals surface area contributed by atoms with Crippen LogP contribution in [0.4, 0.5) is 4.79 Å². The third-order valence-corrected chi connectivity index (χ3v) is 3.72. The van der Waals surface area contributed by atoms with Crippen LogP contribution in [0.1, 0.15) is 25.2 Å². The molecule has 1 aromatic rings. The first-order valence-corrected chi connectivity index (χ1v) is 8.04.